The summed E-state index contributed by atoms with van der Waals surface area (Å²) in [7, 11) is 0. The Labute approximate surface area is 139 Å². The van der Waals surface area contributed by atoms with E-state index in [1.54, 1.807) is 12.4 Å². The lowest BCUT2D eigenvalue weighted by atomic mass is 10.2. The molecule has 0 spiro atoms. The molecule has 3 rings (SSSR count). The maximum absolute atomic E-state index is 11.9. The number of ether oxygens (including phenoxy) is 2. The highest BCUT2D eigenvalue weighted by molar-refractivity contribution is 7.14. The first-order valence-corrected chi connectivity index (χ1v) is 8.67. The minimum Gasteiger partial charge on any atom is -0.461 e. The zero-order valence-electron chi connectivity index (χ0n) is 13.1. The van der Waals surface area contributed by atoms with Crippen molar-refractivity contribution in [2.24, 2.45) is 0 Å². The Morgan fingerprint density at radius 1 is 1.39 bits per heavy atom. The average molecular weight is 332 g/mol. The Bertz CT molecular complexity index is 644. The van der Waals surface area contributed by atoms with Crippen LogP contribution in [-0.4, -0.2) is 36.8 Å². The summed E-state index contributed by atoms with van der Waals surface area (Å²) in [5.41, 5.74) is 3.29. The first kappa shape index (κ1) is 16.0. The van der Waals surface area contributed by atoms with Gasteiger partial charge in [0.2, 0.25) is 0 Å². The first-order valence-electron chi connectivity index (χ1n) is 7.79. The number of carbonyl (C=O) groups excluding carboxylic acids is 1. The Kier molecular flexibility index (Phi) is 5.25. The third-order valence-corrected chi connectivity index (χ3v) is 4.66. The number of esters is 1. The molecule has 2 heterocycles. The van der Waals surface area contributed by atoms with Crippen molar-refractivity contribution in [3.8, 4) is 0 Å². The van der Waals surface area contributed by atoms with Crippen molar-refractivity contribution in [1.29, 1.82) is 0 Å². The van der Waals surface area contributed by atoms with E-state index in [1.807, 2.05) is 18.2 Å². The number of aromatic nitrogens is 1. The van der Waals surface area contributed by atoms with E-state index in [0.717, 1.165) is 24.5 Å². The molecule has 1 aromatic carbocycles. The maximum Gasteiger partial charge on any atom is 0.360 e. The summed E-state index contributed by atoms with van der Waals surface area (Å²) in [4.78, 5) is 18.3. The standard InChI is InChI=1S/C17H20N2O3S/c1-2-21-17(20)15-16(23-12-18-15)19-9-8-14(10-19)22-11-13-6-4-3-5-7-13/h3-7,12,14H,2,8-11H2,1H3/t14-/m0/s1. The molecule has 0 amide bonds. The second-order valence-electron chi connectivity index (χ2n) is 5.38. The van der Waals surface area contributed by atoms with Crippen molar-refractivity contribution in [3.63, 3.8) is 0 Å². The van der Waals surface area contributed by atoms with Crippen LogP contribution in [-0.2, 0) is 16.1 Å². The van der Waals surface area contributed by atoms with Crippen LogP contribution in [0.2, 0.25) is 0 Å². The summed E-state index contributed by atoms with van der Waals surface area (Å²) in [5, 5.41) is 0.884. The quantitative estimate of drug-likeness (QED) is 0.761. The molecular formula is C17H20N2O3S. The van der Waals surface area contributed by atoms with Crippen molar-refractivity contribution in [2.45, 2.75) is 26.1 Å². The SMILES string of the molecule is CCOC(=O)c1ncsc1N1CC[C@H](OCc2ccccc2)C1. The van der Waals surface area contributed by atoms with Gasteiger partial charge in [-0.15, -0.1) is 11.3 Å². The van der Waals surface area contributed by atoms with Crippen molar-refractivity contribution in [3.05, 3.63) is 47.1 Å². The van der Waals surface area contributed by atoms with E-state index in [0.29, 0.717) is 18.9 Å². The van der Waals surface area contributed by atoms with Crippen LogP contribution in [0.5, 0.6) is 0 Å². The van der Waals surface area contributed by atoms with Crippen molar-refractivity contribution in [1.82, 2.24) is 4.98 Å². The topological polar surface area (TPSA) is 51.7 Å². The molecule has 0 unspecified atom stereocenters. The van der Waals surface area contributed by atoms with Gasteiger partial charge < -0.3 is 14.4 Å². The Balaban J connectivity index is 1.58. The van der Waals surface area contributed by atoms with Crippen LogP contribution < -0.4 is 4.90 Å². The summed E-state index contributed by atoms with van der Waals surface area (Å²) in [6, 6.07) is 10.2. The number of carbonyl (C=O) groups is 1. The highest BCUT2D eigenvalue weighted by atomic mass is 32.1. The number of thiazole rings is 1. The molecule has 1 atom stereocenters. The van der Waals surface area contributed by atoms with Gasteiger partial charge in [-0.25, -0.2) is 9.78 Å². The molecule has 5 nitrogen and oxygen atoms in total. The van der Waals surface area contributed by atoms with E-state index in [1.165, 1.54) is 16.9 Å². The highest BCUT2D eigenvalue weighted by Crippen LogP contribution is 2.30. The summed E-state index contributed by atoms with van der Waals surface area (Å²) in [6.45, 7) is 4.42. The summed E-state index contributed by atoms with van der Waals surface area (Å²) in [5.74, 6) is -0.350. The van der Waals surface area contributed by atoms with Gasteiger partial charge in [0.15, 0.2) is 5.69 Å². The van der Waals surface area contributed by atoms with E-state index in [4.69, 9.17) is 9.47 Å². The molecule has 2 aromatic rings. The average Bonchev–Trinajstić information content (AvgIpc) is 3.23. The van der Waals surface area contributed by atoms with Crippen LogP contribution in [0.1, 0.15) is 29.4 Å². The maximum atomic E-state index is 11.9. The van der Waals surface area contributed by atoms with Gasteiger partial charge in [0.05, 0.1) is 24.8 Å². The minimum absolute atomic E-state index is 0.173. The lowest BCUT2D eigenvalue weighted by Crippen LogP contribution is -2.24. The van der Waals surface area contributed by atoms with Crippen molar-refractivity contribution >= 4 is 22.3 Å². The van der Waals surface area contributed by atoms with Gasteiger partial charge in [-0.3, -0.25) is 0 Å². The summed E-state index contributed by atoms with van der Waals surface area (Å²) >= 11 is 1.48. The van der Waals surface area contributed by atoms with E-state index in [2.05, 4.69) is 22.0 Å². The van der Waals surface area contributed by atoms with Crippen LogP contribution in [0, 0.1) is 0 Å². The molecular weight excluding hydrogens is 312 g/mol. The Morgan fingerprint density at radius 3 is 3.00 bits per heavy atom. The molecule has 0 aliphatic carbocycles. The van der Waals surface area contributed by atoms with Crippen LogP contribution in [0.4, 0.5) is 5.00 Å². The van der Waals surface area contributed by atoms with Crippen LogP contribution in [0.3, 0.4) is 0 Å². The first-order chi connectivity index (χ1) is 11.3. The second kappa shape index (κ2) is 7.57. The third kappa shape index (κ3) is 3.89. The zero-order chi connectivity index (χ0) is 16.1. The fraction of sp³-hybridized carbons (Fsp3) is 0.412. The Morgan fingerprint density at radius 2 is 2.22 bits per heavy atom. The molecule has 1 fully saturated rings. The van der Waals surface area contributed by atoms with Crippen LogP contribution >= 0.6 is 11.3 Å². The smallest absolute Gasteiger partial charge is 0.360 e. The van der Waals surface area contributed by atoms with E-state index in [-0.39, 0.29) is 12.1 Å². The van der Waals surface area contributed by atoms with Gasteiger partial charge in [-0.2, -0.15) is 0 Å². The number of anilines is 1. The normalized spacial score (nSPS) is 17.4. The minimum atomic E-state index is -0.350. The molecule has 1 aromatic heterocycles. The predicted molar refractivity (Wildman–Crippen MR) is 89.9 cm³/mol. The van der Waals surface area contributed by atoms with E-state index in [9.17, 15) is 4.79 Å². The second-order valence-corrected chi connectivity index (χ2v) is 6.21. The number of hydrogen-bond acceptors (Lipinski definition) is 6. The number of hydrogen-bond donors (Lipinski definition) is 0. The molecule has 23 heavy (non-hydrogen) atoms. The number of benzene rings is 1. The molecule has 0 bridgehead atoms. The fourth-order valence-electron chi connectivity index (χ4n) is 2.64. The fourth-order valence-corrected chi connectivity index (χ4v) is 3.46. The molecule has 122 valence electrons. The molecule has 0 saturated carbocycles. The van der Waals surface area contributed by atoms with Gasteiger partial charge in [0.1, 0.15) is 5.00 Å². The summed E-state index contributed by atoms with van der Waals surface area (Å²) < 4.78 is 11.1. The van der Waals surface area contributed by atoms with Gasteiger partial charge in [-0.1, -0.05) is 30.3 Å². The number of rotatable bonds is 6. The third-order valence-electron chi connectivity index (χ3n) is 3.78. The molecule has 0 N–H and O–H groups in total. The van der Waals surface area contributed by atoms with Gasteiger partial charge >= 0.3 is 5.97 Å². The van der Waals surface area contributed by atoms with Crippen LogP contribution in [0.25, 0.3) is 0 Å². The van der Waals surface area contributed by atoms with Crippen molar-refractivity contribution < 1.29 is 14.3 Å². The van der Waals surface area contributed by atoms with Crippen molar-refractivity contribution in [2.75, 3.05) is 24.6 Å². The molecule has 6 heteroatoms. The monoisotopic (exact) mass is 332 g/mol. The lowest BCUT2D eigenvalue weighted by Gasteiger charge is -2.17. The van der Waals surface area contributed by atoms with Crippen LogP contribution in [0.15, 0.2) is 35.8 Å². The molecule has 0 radical (unpaired) electrons. The highest BCUT2D eigenvalue weighted by Gasteiger charge is 2.28. The van der Waals surface area contributed by atoms with Gasteiger partial charge in [-0.05, 0) is 18.9 Å². The molecule has 1 aliphatic heterocycles. The predicted octanol–water partition coefficient (Wildman–Crippen LogP) is 3.12. The van der Waals surface area contributed by atoms with E-state index < -0.39 is 0 Å². The zero-order valence-corrected chi connectivity index (χ0v) is 13.9. The lowest BCUT2D eigenvalue weighted by molar-refractivity contribution is 0.0518. The van der Waals surface area contributed by atoms with Gasteiger partial charge in [0.25, 0.3) is 0 Å². The van der Waals surface area contributed by atoms with E-state index >= 15 is 0 Å². The summed E-state index contributed by atoms with van der Waals surface area (Å²) in [6.07, 6.45) is 1.12. The largest absolute Gasteiger partial charge is 0.461 e. The number of nitrogens with zero attached hydrogens (tertiary/aromatic N) is 2. The van der Waals surface area contributed by atoms with Gasteiger partial charge in [0, 0.05) is 13.1 Å². The Hall–Kier alpha value is -1.92. The molecule has 1 saturated heterocycles. The molecule has 1 aliphatic rings.